The molecule has 1 atom stereocenters. The Labute approximate surface area is 88.3 Å². The van der Waals surface area contributed by atoms with Crippen molar-refractivity contribution in [1.82, 2.24) is 4.98 Å². The van der Waals surface area contributed by atoms with Crippen molar-refractivity contribution in [2.75, 3.05) is 26.1 Å². The number of carbonyl (C=O) groups excluding carboxylic acids is 1. The quantitative estimate of drug-likeness (QED) is 0.729. The van der Waals surface area contributed by atoms with Gasteiger partial charge in [0.05, 0.1) is 7.11 Å². The van der Waals surface area contributed by atoms with Crippen LogP contribution in [0.5, 0.6) is 0 Å². The normalized spacial score (nSPS) is 12.0. The van der Waals surface area contributed by atoms with Crippen LogP contribution in [0.1, 0.15) is 11.7 Å². The number of pyridine rings is 1. The Morgan fingerprint density at radius 1 is 1.53 bits per heavy atom. The first-order valence-electron chi connectivity index (χ1n) is 4.45. The van der Waals surface area contributed by atoms with Gasteiger partial charge < -0.3 is 14.7 Å². The fourth-order valence-electron chi connectivity index (χ4n) is 1.07. The van der Waals surface area contributed by atoms with E-state index in [1.807, 2.05) is 19.0 Å². The van der Waals surface area contributed by atoms with Crippen LogP contribution in [0.4, 0.5) is 5.82 Å². The number of aromatic nitrogens is 1. The van der Waals surface area contributed by atoms with E-state index in [1.54, 1.807) is 12.1 Å². The van der Waals surface area contributed by atoms with Crippen LogP contribution in [0, 0.1) is 0 Å². The molecule has 0 fully saturated rings. The largest absolute Gasteiger partial charge is 0.467 e. The Kier molecular flexibility index (Phi) is 3.62. The Hall–Kier alpha value is -1.62. The molecule has 0 aliphatic carbocycles. The molecule has 0 aromatic carbocycles. The third kappa shape index (κ3) is 2.66. The van der Waals surface area contributed by atoms with Crippen molar-refractivity contribution in [2.24, 2.45) is 0 Å². The number of aliphatic hydroxyl groups excluding tert-OH is 1. The van der Waals surface area contributed by atoms with Crippen LogP contribution >= 0.6 is 0 Å². The van der Waals surface area contributed by atoms with Crippen LogP contribution in [-0.4, -0.2) is 37.3 Å². The third-order valence-corrected chi connectivity index (χ3v) is 1.97. The molecular formula is C10H14N2O3. The average molecular weight is 210 g/mol. The van der Waals surface area contributed by atoms with Crippen LogP contribution in [0.2, 0.25) is 0 Å². The molecule has 0 saturated heterocycles. The van der Waals surface area contributed by atoms with E-state index in [-0.39, 0.29) is 0 Å². The minimum atomic E-state index is -1.27. The molecule has 0 amide bonds. The van der Waals surface area contributed by atoms with Gasteiger partial charge in [-0.1, -0.05) is 6.07 Å². The molecule has 1 aromatic heterocycles. The summed E-state index contributed by atoms with van der Waals surface area (Å²) in [6.45, 7) is 0. The summed E-state index contributed by atoms with van der Waals surface area (Å²) in [7, 11) is 4.95. The molecule has 15 heavy (non-hydrogen) atoms. The highest BCUT2D eigenvalue weighted by Crippen LogP contribution is 2.15. The molecule has 1 aromatic rings. The standard InChI is InChI=1S/C10H14N2O3/c1-12(2)8-5-4-7(6-11-8)9(13)10(14)15-3/h4-6,9,13H,1-3H3. The van der Waals surface area contributed by atoms with Gasteiger partial charge in [-0.2, -0.15) is 0 Å². The Morgan fingerprint density at radius 3 is 2.60 bits per heavy atom. The molecule has 0 aliphatic heterocycles. The maximum Gasteiger partial charge on any atom is 0.339 e. The second-order valence-corrected chi connectivity index (χ2v) is 3.27. The van der Waals surface area contributed by atoms with E-state index < -0.39 is 12.1 Å². The second-order valence-electron chi connectivity index (χ2n) is 3.27. The van der Waals surface area contributed by atoms with Crippen LogP contribution < -0.4 is 4.90 Å². The van der Waals surface area contributed by atoms with Crippen molar-refractivity contribution < 1.29 is 14.6 Å². The van der Waals surface area contributed by atoms with Gasteiger partial charge in [0.1, 0.15) is 5.82 Å². The lowest BCUT2D eigenvalue weighted by Gasteiger charge is -2.12. The summed E-state index contributed by atoms with van der Waals surface area (Å²) < 4.78 is 4.42. The summed E-state index contributed by atoms with van der Waals surface area (Å²) in [5, 5.41) is 9.49. The summed E-state index contributed by atoms with van der Waals surface area (Å²) >= 11 is 0. The van der Waals surface area contributed by atoms with Crippen molar-refractivity contribution in [1.29, 1.82) is 0 Å². The predicted octanol–water partition coefficient (Wildman–Crippen LogP) is 0.354. The van der Waals surface area contributed by atoms with Crippen LogP contribution in [-0.2, 0) is 9.53 Å². The highest BCUT2D eigenvalue weighted by molar-refractivity contribution is 5.76. The summed E-state index contributed by atoms with van der Waals surface area (Å²) in [6.07, 6.45) is 0.190. The molecule has 0 aliphatic rings. The van der Waals surface area contributed by atoms with Gasteiger partial charge in [-0.05, 0) is 6.07 Å². The lowest BCUT2D eigenvalue weighted by molar-refractivity contribution is -0.150. The number of esters is 1. The third-order valence-electron chi connectivity index (χ3n) is 1.97. The second kappa shape index (κ2) is 4.75. The molecule has 1 unspecified atom stereocenters. The number of hydrogen-bond acceptors (Lipinski definition) is 5. The summed E-state index contributed by atoms with van der Waals surface area (Å²) in [6, 6.07) is 3.37. The van der Waals surface area contributed by atoms with E-state index in [2.05, 4.69) is 9.72 Å². The minimum absolute atomic E-state index is 0.424. The smallest absolute Gasteiger partial charge is 0.339 e. The van der Waals surface area contributed by atoms with Gasteiger partial charge in [-0.3, -0.25) is 0 Å². The molecular weight excluding hydrogens is 196 g/mol. The lowest BCUT2D eigenvalue weighted by atomic mass is 10.1. The predicted molar refractivity (Wildman–Crippen MR) is 55.5 cm³/mol. The van der Waals surface area contributed by atoms with Gasteiger partial charge in [0.15, 0.2) is 6.10 Å². The number of rotatable bonds is 3. The number of carbonyl (C=O) groups is 1. The molecule has 0 spiro atoms. The van der Waals surface area contributed by atoms with E-state index in [4.69, 9.17) is 0 Å². The molecule has 1 heterocycles. The number of hydrogen-bond donors (Lipinski definition) is 1. The summed E-state index contributed by atoms with van der Waals surface area (Å²) in [4.78, 5) is 16.9. The fraction of sp³-hybridized carbons (Fsp3) is 0.400. The van der Waals surface area contributed by atoms with E-state index >= 15 is 0 Å². The molecule has 0 radical (unpaired) electrons. The van der Waals surface area contributed by atoms with Crippen molar-refractivity contribution in [2.45, 2.75) is 6.10 Å². The monoisotopic (exact) mass is 210 g/mol. The van der Waals surface area contributed by atoms with Gasteiger partial charge in [0.2, 0.25) is 0 Å². The Balaban J connectivity index is 2.84. The van der Waals surface area contributed by atoms with Crippen LogP contribution in [0.25, 0.3) is 0 Å². The van der Waals surface area contributed by atoms with Crippen molar-refractivity contribution in [3.63, 3.8) is 0 Å². The van der Waals surface area contributed by atoms with Crippen LogP contribution in [0.15, 0.2) is 18.3 Å². The topological polar surface area (TPSA) is 62.7 Å². The first kappa shape index (κ1) is 11.5. The zero-order chi connectivity index (χ0) is 11.4. The number of nitrogens with zero attached hydrogens (tertiary/aromatic N) is 2. The highest BCUT2D eigenvalue weighted by atomic mass is 16.5. The fourth-order valence-corrected chi connectivity index (χ4v) is 1.07. The van der Waals surface area contributed by atoms with Gasteiger partial charge in [-0.15, -0.1) is 0 Å². The van der Waals surface area contributed by atoms with E-state index in [9.17, 15) is 9.90 Å². The molecule has 1 rings (SSSR count). The maximum absolute atomic E-state index is 11.0. The first-order valence-corrected chi connectivity index (χ1v) is 4.45. The Bertz CT molecular complexity index is 335. The zero-order valence-corrected chi connectivity index (χ0v) is 8.97. The summed E-state index contributed by atoms with van der Waals surface area (Å²) in [5.74, 6) is 0.0743. The zero-order valence-electron chi connectivity index (χ0n) is 8.97. The summed E-state index contributed by atoms with van der Waals surface area (Å²) in [5.41, 5.74) is 0.424. The average Bonchev–Trinajstić information content (AvgIpc) is 2.27. The van der Waals surface area contributed by atoms with Gasteiger partial charge in [0.25, 0.3) is 0 Å². The Morgan fingerprint density at radius 2 is 2.20 bits per heavy atom. The van der Waals surface area contributed by atoms with Crippen molar-refractivity contribution in [3.05, 3.63) is 23.9 Å². The number of methoxy groups -OCH3 is 1. The number of anilines is 1. The molecule has 82 valence electrons. The van der Waals surface area contributed by atoms with Gasteiger partial charge in [-0.25, -0.2) is 9.78 Å². The van der Waals surface area contributed by atoms with E-state index in [0.29, 0.717) is 5.56 Å². The highest BCUT2D eigenvalue weighted by Gasteiger charge is 2.17. The number of ether oxygens (including phenoxy) is 1. The van der Waals surface area contributed by atoms with Crippen molar-refractivity contribution >= 4 is 11.8 Å². The molecule has 5 nitrogen and oxygen atoms in total. The molecule has 0 saturated carbocycles. The minimum Gasteiger partial charge on any atom is -0.467 e. The maximum atomic E-state index is 11.0. The van der Waals surface area contributed by atoms with Crippen molar-refractivity contribution in [3.8, 4) is 0 Å². The van der Waals surface area contributed by atoms with E-state index in [0.717, 1.165) is 5.82 Å². The number of aliphatic hydroxyl groups is 1. The van der Waals surface area contributed by atoms with E-state index in [1.165, 1.54) is 13.3 Å². The first-order chi connectivity index (χ1) is 7.06. The van der Waals surface area contributed by atoms with Gasteiger partial charge >= 0.3 is 5.97 Å². The lowest BCUT2D eigenvalue weighted by Crippen LogP contribution is -2.15. The molecule has 5 heteroatoms. The molecule has 1 N–H and O–H groups in total. The van der Waals surface area contributed by atoms with Gasteiger partial charge in [0, 0.05) is 25.9 Å². The molecule has 0 bridgehead atoms. The SMILES string of the molecule is COC(=O)C(O)c1ccc(N(C)C)nc1. The van der Waals surface area contributed by atoms with Crippen LogP contribution in [0.3, 0.4) is 0 Å².